The van der Waals surface area contributed by atoms with Crippen LogP contribution in [-0.4, -0.2) is 38.8 Å². The summed E-state index contributed by atoms with van der Waals surface area (Å²) >= 11 is 0. The molecule has 3 aliphatic rings. The van der Waals surface area contributed by atoms with Gasteiger partial charge in [-0.25, -0.2) is 9.97 Å². The second-order valence-electron chi connectivity index (χ2n) is 8.45. The summed E-state index contributed by atoms with van der Waals surface area (Å²) in [4.78, 5) is 29.1. The highest BCUT2D eigenvalue weighted by molar-refractivity contribution is 5.78. The largest absolute Gasteiger partial charge is 0.419 e. The zero-order chi connectivity index (χ0) is 21.0. The molecule has 2 aliphatic heterocycles. The van der Waals surface area contributed by atoms with E-state index in [-0.39, 0.29) is 23.8 Å². The van der Waals surface area contributed by atoms with Gasteiger partial charge in [0, 0.05) is 61.8 Å². The predicted octanol–water partition coefficient (Wildman–Crippen LogP) is 3.44. The van der Waals surface area contributed by atoms with Crippen molar-refractivity contribution in [3.05, 3.63) is 46.5 Å². The molecule has 1 atom stereocenters. The SMILES string of the molecule is Cc1cnc2c3c1CN(C(=O)CC1CN(c4ncc(C(F)(F)F)cn4)C1)[C@@H]3CCC2. The second-order valence-corrected chi connectivity index (χ2v) is 8.45. The van der Waals surface area contributed by atoms with Crippen molar-refractivity contribution in [1.82, 2.24) is 19.9 Å². The van der Waals surface area contributed by atoms with E-state index in [1.54, 1.807) is 0 Å². The van der Waals surface area contributed by atoms with Crippen LogP contribution in [0.25, 0.3) is 0 Å². The van der Waals surface area contributed by atoms with E-state index in [9.17, 15) is 18.0 Å². The Morgan fingerprint density at radius 2 is 1.90 bits per heavy atom. The minimum absolute atomic E-state index is 0.137. The molecule has 0 saturated carbocycles. The fourth-order valence-electron chi connectivity index (χ4n) is 4.83. The summed E-state index contributed by atoms with van der Waals surface area (Å²) in [6.45, 7) is 3.86. The number of rotatable bonds is 3. The number of hydrogen-bond donors (Lipinski definition) is 0. The van der Waals surface area contributed by atoms with E-state index >= 15 is 0 Å². The van der Waals surface area contributed by atoms with Crippen LogP contribution in [0, 0.1) is 12.8 Å². The molecule has 5 rings (SSSR count). The van der Waals surface area contributed by atoms with Crippen LogP contribution in [0.2, 0.25) is 0 Å². The molecule has 158 valence electrons. The first-order valence-corrected chi connectivity index (χ1v) is 10.2. The van der Waals surface area contributed by atoms with Gasteiger partial charge < -0.3 is 9.80 Å². The third-order valence-electron chi connectivity index (χ3n) is 6.44. The smallest absolute Gasteiger partial charge is 0.340 e. The lowest BCUT2D eigenvalue weighted by atomic mass is 9.89. The number of aryl methyl sites for hydroxylation is 2. The number of carbonyl (C=O) groups is 1. The highest BCUT2D eigenvalue weighted by Gasteiger charge is 2.40. The molecule has 0 N–H and O–H groups in total. The van der Waals surface area contributed by atoms with E-state index in [1.807, 2.05) is 16.0 Å². The molecule has 0 radical (unpaired) electrons. The molecule has 4 heterocycles. The number of alkyl halides is 3. The summed E-state index contributed by atoms with van der Waals surface area (Å²) in [5.74, 6) is 0.578. The van der Waals surface area contributed by atoms with Crippen molar-refractivity contribution < 1.29 is 18.0 Å². The van der Waals surface area contributed by atoms with Gasteiger partial charge in [0.2, 0.25) is 11.9 Å². The Balaban J connectivity index is 1.21. The number of anilines is 1. The van der Waals surface area contributed by atoms with Crippen LogP contribution in [0.4, 0.5) is 19.1 Å². The Morgan fingerprint density at radius 3 is 2.60 bits per heavy atom. The molecule has 1 saturated heterocycles. The van der Waals surface area contributed by atoms with Gasteiger partial charge in [0.15, 0.2) is 0 Å². The maximum absolute atomic E-state index is 13.1. The summed E-state index contributed by atoms with van der Waals surface area (Å²) in [6, 6.07) is 0.137. The maximum atomic E-state index is 13.1. The van der Waals surface area contributed by atoms with Gasteiger partial charge in [0.25, 0.3) is 0 Å². The second kappa shape index (κ2) is 6.92. The molecule has 0 spiro atoms. The van der Waals surface area contributed by atoms with E-state index in [2.05, 4.69) is 21.9 Å². The summed E-state index contributed by atoms with van der Waals surface area (Å²) in [6.07, 6.45) is 2.52. The zero-order valence-corrected chi connectivity index (χ0v) is 16.6. The highest BCUT2D eigenvalue weighted by Crippen LogP contribution is 2.44. The number of nitrogens with zero attached hydrogens (tertiary/aromatic N) is 5. The van der Waals surface area contributed by atoms with Gasteiger partial charge in [-0.3, -0.25) is 9.78 Å². The standard InChI is InChI=1S/C21H22F3N5O/c1-12-6-25-16-3-2-4-17-19(16)15(12)11-29(17)18(30)5-13-9-28(10-13)20-26-7-14(8-27-20)21(22,23)24/h6-8,13,17H,2-5,9-11H2,1H3/t17-/m1/s1. The van der Waals surface area contributed by atoms with Crippen LogP contribution in [0.3, 0.4) is 0 Å². The summed E-state index contributed by atoms with van der Waals surface area (Å²) in [7, 11) is 0. The van der Waals surface area contributed by atoms with Crippen LogP contribution in [0.15, 0.2) is 18.6 Å². The van der Waals surface area contributed by atoms with Gasteiger partial charge in [0.05, 0.1) is 11.6 Å². The average molecular weight is 417 g/mol. The van der Waals surface area contributed by atoms with E-state index in [0.717, 1.165) is 42.9 Å². The third-order valence-corrected chi connectivity index (χ3v) is 6.44. The van der Waals surface area contributed by atoms with E-state index in [0.29, 0.717) is 26.1 Å². The van der Waals surface area contributed by atoms with E-state index < -0.39 is 11.7 Å². The van der Waals surface area contributed by atoms with E-state index in [1.165, 1.54) is 11.1 Å². The number of carbonyl (C=O) groups excluding carboxylic acids is 1. The molecule has 9 heteroatoms. The molecule has 0 aromatic carbocycles. The lowest BCUT2D eigenvalue weighted by Gasteiger charge is -2.40. The first-order chi connectivity index (χ1) is 14.3. The molecule has 6 nitrogen and oxygen atoms in total. The molecular formula is C21H22F3N5O. The Labute approximate surface area is 172 Å². The molecule has 1 fully saturated rings. The number of halogens is 3. The first-order valence-electron chi connectivity index (χ1n) is 10.2. The fourth-order valence-corrected chi connectivity index (χ4v) is 4.83. The van der Waals surface area contributed by atoms with Gasteiger partial charge in [-0.15, -0.1) is 0 Å². The lowest BCUT2D eigenvalue weighted by molar-refractivity contribution is -0.138. The molecule has 30 heavy (non-hydrogen) atoms. The van der Waals surface area contributed by atoms with Crippen molar-refractivity contribution in [2.75, 3.05) is 18.0 Å². The van der Waals surface area contributed by atoms with Crippen molar-refractivity contribution in [1.29, 1.82) is 0 Å². The Morgan fingerprint density at radius 1 is 1.17 bits per heavy atom. The highest BCUT2D eigenvalue weighted by atomic mass is 19.4. The minimum atomic E-state index is -4.44. The van der Waals surface area contributed by atoms with Gasteiger partial charge in [-0.2, -0.15) is 13.2 Å². The van der Waals surface area contributed by atoms with Crippen LogP contribution in [0.1, 0.15) is 53.3 Å². The Hall–Kier alpha value is -2.71. The molecule has 2 aromatic rings. The van der Waals surface area contributed by atoms with Gasteiger partial charge in [-0.05, 0) is 37.3 Å². The number of hydrogen-bond acceptors (Lipinski definition) is 5. The quantitative estimate of drug-likeness (QED) is 0.766. The molecule has 1 aliphatic carbocycles. The fraction of sp³-hybridized carbons (Fsp3) is 0.524. The third kappa shape index (κ3) is 3.20. The molecular weight excluding hydrogens is 395 g/mol. The summed E-state index contributed by atoms with van der Waals surface area (Å²) in [5, 5.41) is 0. The minimum Gasteiger partial charge on any atom is -0.340 e. The van der Waals surface area contributed by atoms with Gasteiger partial charge in [0.1, 0.15) is 0 Å². The molecule has 0 unspecified atom stereocenters. The van der Waals surface area contributed by atoms with Crippen molar-refractivity contribution in [3.8, 4) is 0 Å². The Bertz CT molecular complexity index is 985. The topological polar surface area (TPSA) is 62.2 Å². The number of pyridine rings is 1. The predicted molar refractivity (Wildman–Crippen MR) is 103 cm³/mol. The number of aromatic nitrogens is 3. The lowest BCUT2D eigenvalue weighted by Crippen LogP contribution is -2.49. The van der Waals surface area contributed by atoms with Crippen molar-refractivity contribution in [2.24, 2.45) is 5.92 Å². The molecule has 2 aromatic heterocycles. The maximum Gasteiger partial charge on any atom is 0.419 e. The van der Waals surface area contributed by atoms with Gasteiger partial charge >= 0.3 is 6.18 Å². The molecule has 0 bridgehead atoms. The van der Waals surface area contributed by atoms with Crippen LogP contribution in [-0.2, 0) is 23.9 Å². The number of amides is 1. The van der Waals surface area contributed by atoms with Crippen molar-refractivity contribution >= 4 is 11.9 Å². The van der Waals surface area contributed by atoms with Crippen molar-refractivity contribution in [3.63, 3.8) is 0 Å². The van der Waals surface area contributed by atoms with E-state index in [4.69, 9.17) is 0 Å². The van der Waals surface area contributed by atoms with Crippen LogP contribution >= 0.6 is 0 Å². The average Bonchev–Trinajstić information content (AvgIpc) is 3.08. The van der Waals surface area contributed by atoms with Crippen LogP contribution in [0.5, 0.6) is 0 Å². The zero-order valence-electron chi connectivity index (χ0n) is 16.6. The van der Waals surface area contributed by atoms with Crippen LogP contribution < -0.4 is 4.90 Å². The normalized spacial score (nSPS) is 20.9. The molecule has 1 amide bonds. The van der Waals surface area contributed by atoms with Gasteiger partial charge in [-0.1, -0.05) is 0 Å². The summed E-state index contributed by atoms with van der Waals surface area (Å²) in [5.41, 5.74) is 3.94. The summed E-state index contributed by atoms with van der Waals surface area (Å²) < 4.78 is 37.9. The first kappa shape index (κ1) is 19.3. The monoisotopic (exact) mass is 417 g/mol. The Kier molecular flexibility index (Phi) is 4.44. The van der Waals surface area contributed by atoms with Crippen molar-refractivity contribution in [2.45, 2.75) is 51.4 Å².